The first-order valence-corrected chi connectivity index (χ1v) is 6.67. The zero-order valence-corrected chi connectivity index (χ0v) is 11.2. The van der Waals surface area contributed by atoms with E-state index in [0.717, 1.165) is 5.56 Å². The van der Waals surface area contributed by atoms with Gasteiger partial charge in [0.05, 0.1) is 6.10 Å². The second kappa shape index (κ2) is 5.16. The monoisotopic (exact) mass is 254 g/mol. The van der Waals surface area contributed by atoms with Gasteiger partial charge in [-0.25, -0.2) is 0 Å². The Balaban J connectivity index is 1.85. The Bertz CT molecular complexity index is 550. The molecule has 0 bridgehead atoms. The van der Waals surface area contributed by atoms with Crippen LogP contribution in [0.1, 0.15) is 36.0 Å². The van der Waals surface area contributed by atoms with Crippen molar-refractivity contribution in [3.05, 3.63) is 71.3 Å². The summed E-state index contributed by atoms with van der Waals surface area (Å²) in [5, 5.41) is 0. The Morgan fingerprint density at radius 1 is 0.842 bits per heavy atom. The number of rotatable bonds is 2. The van der Waals surface area contributed by atoms with Gasteiger partial charge < -0.3 is 9.47 Å². The summed E-state index contributed by atoms with van der Waals surface area (Å²) in [6, 6.07) is 18.4. The number of benzene rings is 2. The lowest BCUT2D eigenvalue weighted by molar-refractivity contribution is -0.0677. The maximum Gasteiger partial charge on any atom is 0.185 e. The van der Waals surface area contributed by atoms with Gasteiger partial charge in [-0.15, -0.1) is 0 Å². The van der Waals surface area contributed by atoms with Crippen LogP contribution in [0.5, 0.6) is 0 Å². The molecule has 1 heterocycles. The van der Waals surface area contributed by atoms with E-state index in [0.29, 0.717) is 0 Å². The summed E-state index contributed by atoms with van der Waals surface area (Å²) in [5.41, 5.74) is 3.54. The quantitative estimate of drug-likeness (QED) is 0.800. The van der Waals surface area contributed by atoms with E-state index in [1.165, 1.54) is 11.1 Å². The van der Waals surface area contributed by atoms with Crippen molar-refractivity contribution in [3.63, 3.8) is 0 Å². The average Bonchev–Trinajstić information content (AvgIpc) is 2.82. The van der Waals surface area contributed by atoms with Crippen LogP contribution < -0.4 is 0 Å². The van der Waals surface area contributed by atoms with Crippen LogP contribution in [0.3, 0.4) is 0 Å². The Hall–Kier alpha value is -1.64. The molecule has 0 spiro atoms. The van der Waals surface area contributed by atoms with Crippen LogP contribution in [0.4, 0.5) is 0 Å². The first-order valence-electron chi connectivity index (χ1n) is 6.67. The molecule has 1 aliphatic heterocycles. The SMILES string of the molecule is Cc1ccccc1[C@@H]1OC(c2ccccc2)O[C@H]1C. The predicted octanol–water partition coefficient (Wildman–Crippen LogP) is 4.17. The first-order chi connectivity index (χ1) is 9.25. The highest BCUT2D eigenvalue weighted by molar-refractivity contribution is 5.29. The molecule has 0 aromatic heterocycles. The lowest BCUT2D eigenvalue weighted by Gasteiger charge is -2.15. The Morgan fingerprint density at radius 3 is 2.26 bits per heavy atom. The van der Waals surface area contributed by atoms with Crippen molar-refractivity contribution in [1.29, 1.82) is 0 Å². The average molecular weight is 254 g/mol. The van der Waals surface area contributed by atoms with Gasteiger partial charge >= 0.3 is 0 Å². The molecule has 98 valence electrons. The summed E-state index contributed by atoms with van der Waals surface area (Å²) in [6.45, 7) is 4.18. The van der Waals surface area contributed by atoms with E-state index in [1.807, 2.05) is 42.5 Å². The molecule has 1 unspecified atom stereocenters. The van der Waals surface area contributed by atoms with Gasteiger partial charge in [0.2, 0.25) is 0 Å². The molecule has 3 rings (SSSR count). The van der Waals surface area contributed by atoms with E-state index in [9.17, 15) is 0 Å². The fourth-order valence-corrected chi connectivity index (χ4v) is 2.54. The summed E-state index contributed by atoms with van der Waals surface area (Å²) >= 11 is 0. The standard InChI is InChI=1S/C17H18O2/c1-12-8-6-7-11-15(12)16-13(2)18-17(19-16)14-9-4-3-5-10-14/h3-11,13,16-17H,1-2H3/t13-,16+,17?/m0/s1. The van der Waals surface area contributed by atoms with Crippen LogP contribution in [0.2, 0.25) is 0 Å². The van der Waals surface area contributed by atoms with Crippen molar-refractivity contribution < 1.29 is 9.47 Å². The van der Waals surface area contributed by atoms with E-state index in [2.05, 4.69) is 26.0 Å². The van der Waals surface area contributed by atoms with Crippen molar-refractivity contribution in [2.24, 2.45) is 0 Å². The normalized spacial score (nSPS) is 26.5. The molecule has 2 aromatic carbocycles. The number of ether oxygens (including phenoxy) is 2. The van der Waals surface area contributed by atoms with Crippen LogP contribution >= 0.6 is 0 Å². The molecule has 2 nitrogen and oxygen atoms in total. The minimum Gasteiger partial charge on any atom is -0.342 e. The highest BCUT2D eigenvalue weighted by atomic mass is 16.7. The molecule has 2 heteroatoms. The molecular weight excluding hydrogens is 236 g/mol. The molecule has 1 saturated heterocycles. The van der Waals surface area contributed by atoms with Crippen molar-refractivity contribution >= 4 is 0 Å². The van der Waals surface area contributed by atoms with Crippen LogP contribution in [0, 0.1) is 6.92 Å². The first kappa shape index (κ1) is 12.4. The zero-order valence-electron chi connectivity index (χ0n) is 11.2. The van der Waals surface area contributed by atoms with E-state index in [-0.39, 0.29) is 18.5 Å². The summed E-state index contributed by atoms with van der Waals surface area (Å²) in [7, 11) is 0. The van der Waals surface area contributed by atoms with Crippen molar-refractivity contribution in [3.8, 4) is 0 Å². The molecule has 0 aliphatic carbocycles. The number of aryl methyl sites for hydroxylation is 1. The number of hydrogen-bond donors (Lipinski definition) is 0. The molecule has 1 fully saturated rings. The van der Waals surface area contributed by atoms with Crippen molar-refractivity contribution in [2.75, 3.05) is 0 Å². The van der Waals surface area contributed by atoms with Crippen LogP contribution in [0.25, 0.3) is 0 Å². The summed E-state index contributed by atoms with van der Waals surface area (Å²) in [6.07, 6.45) is -0.196. The van der Waals surface area contributed by atoms with Gasteiger partial charge in [0, 0.05) is 5.56 Å². The third-order valence-corrected chi connectivity index (χ3v) is 3.60. The fourth-order valence-electron chi connectivity index (χ4n) is 2.54. The molecule has 0 radical (unpaired) electrons. The predicted molar refractivity (Wildman–Crippen MR) is 74.7 cm³/mol. The highest BCUT2D eigenvalue weighted by Gasteiger charge is 2.35. The Labute approximate surface area is 114 Å². The topological polar surface area (TPSA) is 18.5 Å². The van der Waals surface area contributed by atoms with Crippen molar-refractivity contribution in [1.82, 2.24) is 0 Å². The molecule has 19 heavy (non-hydrogen) atoms. The van der Waals surface area contributed by atoms with Crippen LogP contribution in [-0.2, 0) is 9.47 Å². The van der Waals surface area contributed by atoms with Gasteiger partial charge in [0.15, 0.2) is 6.29 Å². The second-order valence-electron chi connectivity index (χ2n) is 5.00. The maximum absolute atomic E-state index is 6.10. The largest absolute Gasteiger partial charge is 0.342 e. The zero-order chi connectivity index (χ0) is 13.2. The van der Waals surface area contributed by atoms with E-state index < -0.39 is 0 Å². The molecule has 3 atom stereocenters. The summed E-state index contributed by atoms with van der Waals surface area (Å²) < 4.78 is 12.1. The lowest BCUT2D eigenvalue weighted by atomic mass is 10.0. The smallest absolute Gasteiger partial charge is 0.185 e. The van der Waals surface area contributed by atoms with Crippen LogP contribution in [0.15, 0.2) is 54.6 Å². The minimum absolute atomic E-state index is 0.00593. The van der Waals surface area contributed by atoms with E-state index >= 15 is 0 Å². The minimum atomic E-state index is -0.263. The fraction of sp³-hybridized carbons (Fsp3) is 0.294. The Morgan fingerprint density at radius 2 is 1.53 bits per heavy atom. The van der Waals surface area contributed by atoms with Crippen LogP contribution in [-0.4, -0.2) is 6.10 Å². The lowest BCUT2D eigenvalue weighted by Crippen LogP contribution is -2.11. The van der Waals surface area contributed by atoms with Gasteiger partial charge in [-0.3, -0.25) is 0 Å². The van der Waals surface area contributed by atoms with Gasteiger partial charge in [-0.2, -0.15) is 0 Å². The number of hydrogen-bond acceptors (Lipinski definition) is 2. The van der Waals surface area contributed by atoms with Gasteiger partial charge in [-0.05, 0) is 25.0 Å². The van der Waals surface area contributed by atoms with Gasteiger partial charge in [-0.1, -0.05) is 54.6 Å². The third-order valence-electron chi connectivity index (χ3n) is 3.60. The molecule has 1 aliphatic rings. The highest BCUT2D eigenvalue weighted by Crippen LogP contribution is 2.40. The van der Waals surface area contributed by atoms with Gasteiger partial charge in [0.1, 0.15) is 6.10 Å². The molecule has 0 saturated carbocycles. The summed E-state index contributed by atoms with van der Waals surface area (Å²) in [4.78, 5) is 0. The summed E-state index contributed by atoms with van der Waals surface area (Å²) in [5.74, 6) is 0. The Kier molecular flexibility index (Phi) is 3.36. The van der Waals surface area contributed by atoms with E-state index in [1.54, 1.807) is 0 Å². The second-order valence-corrected chi connectivity index (χ2v) is 5.00. The molecular formula is C17H18O2. The van der Waals surface area contributed by atoms with Gasteiger partial charge in [0.25, 0.3) is 0 Å². The van der Waals surface area contributed by atoms with E-state index in [4.69, 9.17) is 9.47 Å². The van der Waals surface area contributed by atoms with Crippen molar-refractivity contribution in [2.45, 2.75) is 32.3 Å². The third kappa shape index (κ3) is 2.42. The molecule has 2 aromatic rings. The molecule has 0 amide bonds. The maximum atomic E-state index is 6.10. The molecule has 0 N–H and O–H groups in total.